The van der Waals surface area contributed by atoms with Crippen molar-refractivity contribution in [1.82, 2.24) is 14.7 Å². The molecule has 6 heteroatoms. The molecule has 2 heterocycles. The van der Waals surface area contributed by atoms with E-state index in [-0.39, 0.29) is 11.8 Å². The Morgan fingerprint density at radius 3 is 2.31 bits per heavy atom. The molecule has 0 radical (unpaired) electrons. The number of piperazine rings is 1. The number of carbonyl (C=O) groups is 2. The number of aryl methyl sites for hydroxylation is 1. The molecule has 0 atom stereocenters. The Labute approximate surface area is 160 Å². The number of likely N-dealkylation sites (tertiary alicyclic amines) is 1. The minimum Gasteiger partial charge on any atom is -0.342 e. The highest BCUT2D eigenvalue weighted by Gasteiger charge is 2.26. The Morgan fingerprint density at radius 2 is 1.65 bits per heavy atom. The molecule has 3 rings (SSSR count). The quantitative estimate of drug-likeness (QED) is 0.759. The lowest BCUT2D eigenvalue weighted by atomic mass is 10.1. The van der Waals surface area contributed by atoms with Gasteiger partial charge in [0, 0.05) is 49.7 Å². The number of rotatable bonds is 4. The van der Waals surface area contributed by atoms with E-state index in [1.54, 1.807) is 11.8 Å². The summed E-state index contributed by atoms with van der Waals surface area (Å²) >= 11 is 1.66. The molecule has 0 saturated carbocycles. The van der Waals surface area contributed by atoms with Gasteiger partial charge in [0.2, 0.25) is 5.91 Å². The van der Waals surface area contributed by atoms with Crippen molar-refractivity contribution in [2.24, 2.45) is 0 Å². The average molecular weight is 376 g/mol. The van der Waals surface area contributed by atoms with Crippen LogP contribution in [-0.2, 0) is 4.79 Å². The number of piperidine rings is 1. The average Bonchev–Trinajstić information content (AvgIpc) is 2.69. The zero-order chi connectivity index (χ0) is 18.5. The van der Waals surface area contributed by atoms with Gasteiger partial charge in [-0.3, -0.25) is 14.5 Å². The van der Waals surface area contributed by atoms with Crippen LogP contribution in [0.1, 0.15) is 35.2 Å². The van der Waals surface area contributed by atoms with E-state index >= 15 is 0 Å². The van der Waals surface area contributed by atoms with E-state index in [1.165, 1.54) is 6.42 Å². The predicted molar refractivity (Wildman–Crippen MR) is 106 cm³/mol. The normalized spacial score (nSPS) is 18.8. The van der Waals surface area contributed by atoms with Gasteiger partial charge in [-0.25, -0.2) is 0 Å². The van der Waals surface area contributed by atoms with Crippen molar-refractivity contribution in [2.45, 2.75) is 31.1 Å². The van der Waals surface area contributed by atoms with E-state index in [9.17, 15) is 9.59 Å². The van der Waals surface area contributed by atoms with Gasteiger partial charge < -0.3 is 9.80 Å². The molecule has 5 nitrogen and oxygen atoms in total. The van der Waals surface area contributed by atoms with Gasteiger partial charge in [0.15, 0.2) is 0 Å². The summed E-state index contributed by atoms with van der Waals surface area (Å²) in [6, 6.07) is 6.07. The highest BCUT2D eigenvalue weighted by molar-refractivity contribution is 7.98. The van der Waals surface area contributed by atoms with Gasteiger partial charge in [-0.05, 0) is 50.1 Å². The lowest BCUT2D eigenvalue weighted by Gasteiger charge is -2.36. The maximum Gasteiger partial charge on any atom is 0.254 e. The van der Waals surface area contributed by atoms with Crippen LogP contribution in [0.25, 0.3) is 0 Å². The van der Waals surface area contributed by atoms with Crippen LogP contribution in [0.5, 0.6) is 0 Å². The molecule has 0 aliphatic carbocycles. The van der Waals surface area contributed by atoms with Crippen molar-refractivity contribution in [1.29, 1.82) is 0 Å². The van der Waals surface area contributed by atoms with Gasteiger partial charge >= 0.3 is 0 Å². The number of benzene rings is 1. The molecule has 0 spiro atoms. The molecule has 142 valence electrons. The standard InChI is InChI=1S/C20H29N3O2S/c1-16-6-7-17(26-2)14-18(16)20(25)23-12-10-21(11-13-23)15-19(24)22-8-4-3-5-9-22/h6-7,14H,3-5,8-13,15H2,1-2H3. The van der Waals surface area contributed by atoms with Crippen LogP contribution in [0.3, 0.4) is 0 Å². The Hall–Kier alpha value is -1.53. The van der Waals surface area contributed by atoms with Gasteiger partial charge in [-0.2, -0.15) is 0 Å². The Kier molecular flexibility index (Phi) is 6.59. The third-order valence-corrected chi connectivity index (χ3v) is 6.13. The molecule has 0 aromatic heterocycles. The summed E-state index contributed by atoms with van der Waals surface area (Å²) in [5.74, 6) is 0.355. The van der Waals surface area contributed by atoms with Crippen LogP contribution in [0, 0.1) is 6.92 Å². The predicted octanol–water partition coefficient (Wildman–Crippen LogP) is 2.49. The van der Waals surface area contributed by atoms with Crippen LogP contribution < -0.4 is 0 Å². The number of hydrogen-bond acceptors (Lipinski definition) is 4. The summed E-state index contributed by atoms with van der Waals surface area (Å²) in [7, 11) is 0. The first-order chi connectivity index (χ1) is 12.6. The van der Waals surface area contributed by atoms with Gasteiger partial charge in [0.05, 0.1) is 6.54 Å². The SMILES string of the molecule is CSc1ccc(C)c(C(=O)N2CCN(CC(=O)N3CCCCC3)CC2)c1. The van der Waals surface area contributed by atoms with Crippen LogP contribution in [0.15, 0.2) is 23.1 Å². The summed E-state index contributed by atoms with van der Waals surface area (Å²) in [6.45, 7) is 7.21. The zero-order valence-corrected chi connectivity index (χ0v) is 16.7. The van der Waals surface area contributed by atoms with Gasteiger partial charge in [-0.15, -0.1) is 11.8 Å². The van der Waals surface area contributed by atoms with Crippen LogP contribution >= 0.6 is 11.8 Å². The fraction of sp³-hybridized carbons (Fsp3) is 0.600. The molecule has 2 saturated heterocycles. The molecule has 0 N–H and O–H groups in total. The molecule has 2 aliphatic heterocycles. The van der Waals surface area contributed by atoms with Crippen molar-refractivity contribution in [3.8, 4) is 0 Å². The molecule has 2 fully saturated rings. The maximum atomic E-state index is 12.9. The topological polar surface area (TPSA) is 43.9 Å². The first kappa shape index (κ1) is 19.2. The maximum absolute atomic E-state index is 12.9. The van der Waals surface area contributed by atoms with E-state index in [2.05, 4.69) is 11.0 Å². The molecule has 0 bridgehead atoms. The van der Waals surface area contributed by atoms with E-state index < -0.39 is 0 Å². The highest BCUT2D eigenvalue weighted by atomic mass is 32.2. The van der Waals surface area contributed by atoms with E-state index in [0.717, 1.165) is 55.0 Å². The van der Waals surface area contributed by atoms with E-state index in [1.807, 2.05) is 35.1 Å². The van der Waals surface area contributed by atoms with Crippen LogP contribution in [0.4, 0.5) is 0 Å². The molecular weight excluding hydrogens is 346 g/mol. The molecule has 1 aromatic rings. The minimum atomic E-state index is 0.111. The molecule has 0 unspecified atom stereocenters. The number of nitrogens with zero attached hydrogens (tertiary/aromatic N) is 3. The zero-order valence-electron chi connectivity index (χ0n) is 15.9. The van der Waals surface area contributed by atoms with Crippen molar-refractivity contribution < 1.29 is 9.59 Å². The lowest BCUT2D eigenvalue weighted by Crippen LogP contribution is -2.52. The Balaban J connectivity index is 1.53. The van der Waals surface area contributed by atoms with Crippen molar-refractivity contribution in [2.75, 3.05) is 52.1 Å². The summed E-state index contributed by atoms with van der Waals surface area (Å²) in [4.78, 5) is 32.5. The summed E-state index contributed by atoms with van der Waals surface area (Å²) in [6.07, 6.45) is 5.52. The molecule has 1 aromatic carbocycles. The monoisotopic (exact) mass is 375 g/mol. The number of thioether (sulfide) groups is 1. The van der Waals surface area contributed by atoms with Crippen LogP contribution in [0.2, 0.25) is 0 Å². The van der Waals surface area contributed by atoms with Gasteiger partial charge in [0.25, 0.3) is 5.91 Å². The second-order valence-corrected chi connectivity index (χ2v) is 8.07. The molecule has 26 heavy (non-hydrogen) atoms. The summed E-state index contributed by atoms with van der Waals surface area (Å²) in [5.41, 5.74) is 1.82. The summed E-state index contributed by atoms with van der Waals surface area (Å²) in [5, 5.41) is 0. The van der Waals surface area contributed by atoms with Gasteiger partial charge in [0.1, 0.15) is 0 Å². The third-order valence-electron chi connectivity index (χ3n) is 5.40. The Bertz CT molecular complexity index is 650. The van der Waals surface area contributed by atoms with Crippen LogP contribution in [-0.4, -0.2) is 78.6 Å². The smallest absolute Gasteiger partial charge is 0.254 e. The highest BCUT2D eigenvalue weighted by Crippen LogP contribution is 2.21. The van der Waals surface area contributed by atoms with Gasteiger partial charge in [-0.1, -0.05) is 6.07 Å². The largest absolute Gasteiger partial charge is 0.342 e. The van der Waals surface area contributed by atoms with E-state index in [4.69, 9.17) is 0 Å². The lowest BCUT2D eigenvalue weighted by molar-refractivity contribution is -0.133. The third kappa shape index (κ3) is 4.60. The van der Waals surface area contributed by atoms with E-state index in [0.29, 0.717) is 19.6 Å². The number of hydrogen-bond donors (Lipinski definition) is 0. The first-order valence-corrected chi connectivity index (χ1v) is 10.7. The minimum absolute atomic E-state index is 0.111. The van der Waals surface area contributed by atoms with Crippen molar-refractivity contribution in [3.63, 3.8) is 0 Å². The van der Waals surface area contributed by atoms with Crippen molar-refractivity contribution in [3.05, 3.63) is 29.3 Å². The second-order valence-electron chi connectivity index (χ2n) is 7.19. The number of carbonyl (C=O) groups excluding carboxylic acids is 2. The second kappa shape index (κ2) is 8.91. The fourth-order valence-corrected chi connectivity index (χ4v) is 4.11. The first-order valence-electron chi connectivity index (χ1n) is 9.52. The fourth-order valence-electron chi connectivity index (χ4n) is 3.67. The summed E-state index contributed by atoms with van der Waals surface area (Å²) < 4.78 is 0. The molecular formula is C20H29N3O2S. The molecule has 2 aliphatic rings. The molecule has 2 amide bonds. The Morgan fingerprint density at radius 1 is 0.962 bits per heavy atom. The van der Waals surface area contributed by atoms with Crippen molar-refractivity contribution >= 4 is 23.6 Å². The number of amides is 2.